The zero-order valence-corrected chi connectivity index (χ0v) is 14.1. The van der Waals surface area contributed by atoms with Crippen LogP contribution in [0.1, 0.15) is 13.3 Å². The first-order chi connectivity index (χ1) is 10.3. The van der Waals surface area contributed by atoms with Gasteiger partial charge in [-0.05, 0) is 53.3 Å². The summed E-state index contributed by atoms with van der Waals surface area (Å²) in [5, 5.41) is 4.72. The number of fused-ring (bicyclic) bond motifs is 1. The summed E-state index contributed by atoms with van der Waals surface area (Å²) in [5.74, 6) is 0. The van der Waals surface area contributed by atoms with E-state index in [0.29, 0.717) is 0 Å². The fourth-order valence-electron chi connectivity index (χ4n) is 2.36. The Kier molecular flexibility index (Phi) is 4.39. The summed E-state index contributed by atoms with van der Waals surface area (Å²) in [6.07, 6.45) is 1.11. The number of rotatable bonds is 4. The lowest BCUT2D eigenvalue weighted by molar-refractivity contribution is 0.981. The minimum atomic E-state index is 0.971. The molecule has 2 aromatic carbocycles. The standard InChI is InChI=1S/C18H17IN2/c1-2-10-20-18-12-17(13-6-4-3-5-7-13)21-16-9-8-14(19)11-15(16)18/h3-9,11-12H,2,10H2,1H3,(H,20,21). The molecule has 0 unspecified atom stereocenters. The van der Waals surface area contributed by atoms with Crippen LogP contribution in [-0.4, -0.2) is 11.5 Å². The van der Waals surface area contributed by atoms with Gasteiger partial charge >= 0.3 is 0 Å². The van der Waals surface area contributed by atoms with Gasteiger partial charge in [0.25, 0.3) is 0 Å². The predicted octanol–water partition coefficient (Wildman–Crippen LogP) is 5.33. The Morgan fingerprint density at radius 1 is 1.05 bits per heavy atom. The van der Waals surface area contributed by atoms with Crippen molar-refractivity contribution < 1.29 is 0 Å². The number of nitrogens with one attached hydrogen (secondary N) is 1. The molecular weight excluding hydrogens is 371 g/mol. The third kappa shape index (κ3) is 3.18. The first-order valence-corrected chi connectivity index (χ1v) is 8.25. The van der Waals surface area contributed by atoms with E-state index in [-0.39, 0.29) is 0 Å². The Hall–Kier alpha value is -1.62. The third-order valence-electron chi connectivity index (χ3n) is 3.41. The summed E-state index contributed by atoms with van der Waals surface area (Å²) in [5.41, 5.74) is 4.37. The van der Waals surface area contributed by atoms with E-state index in [9.17, 15) is 0 Å². The molecule has 0 saturated heterocycles. The van der Waals surface area contributed by atoms with Crippen molar-refractivity contribution in [1.82, 2.24) is 4.98 Å². The smallest absolute Gasteiger partial charge is 0.0731 e. The molecule has 0 bridgehead atoms. The number of hydrogen-bond acceptors (Lipinski definition) is 2. The molecule has 3 rings (SSSR count). The Balaban J connectivity index is 2.17. The fraction of sp³-hybridized carbons (Fsp3) is 0.167. The second-order valence-electron chi connectivity index (χ2n) is 5.01. The molecule has 21 heavy (non-hydrogen) atoms. The summed E-state index contributed by atoms with van der Waals surface area (Å²) in [6, 6.07) is 18.9. The molecule has 0 spiro atoms. The van der Waals surface area contributed by atoms with Gasteiger partial charge in [-0.2, -0.15) is 0 Å². The molecule has 0 saturated carbocycles. The zero-order chi connectivity index (χ0) is 14.7. The molecule has 0 aliphatic rings. The lowest BCUT2D eigenvalue weighted by atomic mass is 10.1. The molecule has 3 aromatic rings. The minimum absolute atomic E-state index is 0.971. The van der Waals surface area contributed by atoms with Crippen LogP contribution in [-0.2, 0) is 0 Å². The largest absolute Gasteiger partial charge is 0.384 e. The quantitative estimate of drug-likeness (QED) is 0.612. The number of halogens is 1. The van der Waals surface area contributed by atoms with Crippen molar-refractivity contribution in [3.63, 3.8) is 0 Å². The van der Waals surface area contributed by atoms with Crippen LogP contribution < -0.4 is 5.32 Å². The molecule has 0 amide bonds. The van der Waals surface area contributed by atoms with E-state index in [1.54, 1.807) is 0 Å². The van der Waals surface area contributed by atoms with Crippen molar-refractivity contribution in [2.24, 2.45) is 0 Å². The lowest BCUT2D eigenvalue weighted by Crippen LogP contribution is -2.01. The maximum atomic E-state index is 4.81. The minimum Gasteiger partial charge on any atom is -0.384 e. The van der Waals surface area contributed by atoms with Gasteiger partial charge in [-0.25, -0.2) is 4.98 Å². The summed E-state index contributed by atoms with van der Waals surface area (Å²) in [7, 11) is 0. The van der Waals surface area contributed by atoms with Crippen LogP contribution in [0.4, 0.5) is 5.69 Å². The van der Waals surface area contributed by atoms with Gasteiger partial charge in [0.15, 0.2) is 0 Å². The molecule has 106 valence electrons. The number of anilines is 1. The van der Waals surface area contributed by atoms with Gasteiger partial charge in [-0.1, -0.05) is 37.3 Å². The summed E-state index contributed by atoms with van der Waals surface area (Å²) in [4.78, 5) is 4.81. The average Bonchev–Trinajstić information content (AvgIpc) is 2.53. The van der Waals surface area contributed by atoms with Gasteiger partial charge in [-0.3, -0.25) is 0 Å². The van der Waals surface area contributed by atoms with E-state index in [1.807, 2.05) is 18.2 Å². The van der Waals surface area contributed by atoms with Crippen molar-refractivity contribution in [2.75, 3.05) is 11.9 Å². The van der Waals surface area contributed by atoms with Gasteiger partial charge in [-0.15, -0.1) is 0 Å². The van der Waals surface area contributed by atoms with Crippen LogP contribution in [0.15, 0.2) is 54.6 Å². The average molecular weight is 388 g/mol. The predicted molar refractivity (Wildman–Crippen MR) is 98.7 cm³/mol. The number of nitrogens with zero attached hydrogens (tertiary/aromatic N) is 1. The Bertz CT molecular complexity index is 754. The molecule has 0 atom stereocenters. The summed E-state index contributed by atoms with van der Waals surface area (Å²) in [6.45, 7) is 3.15. The molecule has 0 fully saturated rings. The van der Waals surface area contributed by atoms with Crippen molar-refractivity contribution >= 4 is 39.2 Å². The molecular formula is C18H17IN2. The van der Waals surface area contributed by atoms with Gasteiger partial charge < -0.3 is 5.32 Å². The highest BCUT2D eigenvalue weighted by atomic mass is 127. The second kappa shape index (κ2) is 6.43. The van der Waals surface area contributed by atoms with Crippen molar-refractivity contribution in [3.8, 4) is 11.3 Å². The van der Waals surface area contributed by atoms with Crippen molar-refractivity contribution in [2.45, 2.75) is 13.3 Å². The highest BCUT2D eigenvalue weighted by molar-refractivity contribution is 14.1. The van der Waals surface area contributed by atoms with Gasteiger partial charge in [0.1, 0.15) is 0 Å². The van der Waals surface area contributed by atoms with E-state index in [1.165, 1.54) is 14.6 Å². The van der Waals surface area contributed by atoms with E-state index >= 15 is 0 Å². The van der Waals surface area contributed by atoms with Crippen LogP contribution in [0, 0.1) is 3.57 Å². The van der Waals surface area contributed by atoms with Gasteiger partial charge in [0.05, 0.1) is 11.2 Å². The molecule has 2 nitrogen and oxygen atoms in total. The topological polar surface area (TPSA) is 24.9 Å². The zero-order valence-electron chi connectivity index (χ0n) is 11.9. The third-order valence-corrected chi connectivity index (χ3v) is 4.08. The summed E-state index contributed by atoms with van der Waals surface area (Å²) >= 11 is 2.35. The van der Waals surface area contributed by atoms with Crippen LogP contribution in [0.5, 0.6) is 0 Å². The van der Waals surface area contributed by atoms with Crippen LogP contribution in [0.3, 0.4) is 0 Å². The maximum Gasteiger partial charge on any atom is 0.0731 e. The first kappa shape index (κ1) is 14.3. The normalized spacial score (nSPS) is 10.8. The number of aromatic nitrogens is 1. The molecule has 1 aromatic heterocycles. The van der Waals surface area contributed by atoms with Crippen molar-refractivity contribution in [1.29, 1.82) is 0 Å². The molecule has 1 N–H and O–H groups in total. The highest BCUT2D eigenvalue weighted by Gasteiger charge is 2.07. The van der Waals surface area contributed by atoms with Gasteiger partial charge in [0, 0.05) is 26.8 Å². The monoisotopic (exact) mass is 388 g/mol. The van der Waals surface area contributed by atoms with E-state index in [2.05, 4.69) is 71.2 Å². The van der Waals surface area contributed by atoms with E-state index in [0.717, 1.165) is 29.7 Å². The second-order valence-corrected chi connectivity index (χ2v) is 6.25. The SMILES string of the molecule is CCCNc1cc(-c2ccccc2)nc2ccc(I)cc12. The van der Waals surface area contributed by atoms with Crippen LogP contribution in [0.25, 0.3) is 22.2 Å². The number of benzene rings is 2. The maximum absolute atomic E-state index is 4.81. The van der Waals surface area contributed by atoms with E-state index in [4.69, 9.17) is 4.98 Å². The fourth-order valence-corrected chi connectivity index (χ4v) is 2.85. The van der Waals surface area contributed by atoms with Crippen LogP contribution >= 0.6 is 22.6 Å². The Labute approximate surface area is 138 Å². The summed E-state index contributed by atoms with van der Waals surface area (Å²) < 4.78 is 1.23. The lowest BCUT2D eigenvalue weighted by Gasteiger charge is -2.12. The Morgan fingerprint density at radius 2 is 1.86 bits per heavy atom. The molecule has 0 aliphatic carbocycles. The van der Waals surface area contributed by atoms with E-state index < -0.39 is 0 Å². The van der Waals surface area contributed by atoms with Crippen LogP contribution in [0.2, 0.25) is 0 Å². The Morgan fingerprint density at radius 3 is 2.62 bits per heavy atom. The molecule has 0 radical (unpaired) electrons. The number of hydrogen-bond donors (Lipinski definition) is 1. The molecule has 0 aliphatic heterocycles. The molecule has 3 heteroatoms. The molecule has 1 heterocycles. The van der Waals surface area contributed by atoms with Crippen molar-refractivity contribution in [3.05, 3.63) is 58.2 Å². The highest BCUT2D eigenvalue weighted by Crippen LogP contribution is 2.29. The van der Waals surface area contributed by atoms with Gasteiger partial charge in [0.2, 0.25) is 0 Å². The number of pyridine rings is 1. The first-order valence-electron chi connectivity index (χ1n) is 7.17.